The number of piperidine rings is 1. The Kier molecular flexibility index (Phi) is 13.1. The molecule has 3 N–H and O–H groups in total. The quantitative estimate of drug-likeness (QED) is 0.0794. The Hall–Kier alpha value is -5.47. The number of allylic oxidation sites excluding steroid dienone is 5. The van der Waals surface area contributed by atoms with Gasteiger partial charge in [-0.05, 0) is 110 Å². The largest absolute Gasteiger partial charge is 0.508 e. The third-order valence-electron chi connectivity index (χ3n) is 8.52. The second-order valence-corrected chi connectivity index (χ2v) is 12.3. The zero-order chi connectivity index (χ0) is 35.2. The van der Waals surface area contributed by atoms with Crippen LogP contribution in [-0.2, 0) is 35.7 Å². The minimum absolute atomic E-state index is 0.0157. The highest BCUT2D eigenvalue weighted by Gasteiger charge is 2.30. The van der Waals surface area contributed by atoms with E-state index in [1.165, 1.54) is 5.56 Å². The van der Waals surface area contributed by atoms with Crippen LogP contribution >= 0.6 is 0 Å². The minimum atomic E-state index is -0.783. The summed E-state index contributed by atoms with van der Waals surface area (Å²) in [5, 5.41) is 15.2. The van der Waals surface area contributed by atoms with E-state index in [4.69, 9.17) is 9.47 Å². The lowest BCUT2D eigenvalue weighted by atomic mass is 9.79. The Labute approximate surface area is 289 Å². The van der Waals surface area contributed by atoms with E-state index in [0.717, 1.165) is 24.0 Å². The lowest BCUT2D eigenvalue weighted by Gasteiger charge is -2.24. The van der Waals surface area contributed by atoms with E-state index in [-0.39, 0.29) is 48.7 Å². The van der Waals surface area contributed by atoms with Crippen LogP contribution in [0.2, 0.25) is 0 Å². The number of amides is 3. The van der Waals surface area contributed by atoms with E-state index >= 15 is 0 Å². The summed E-state index contributed by atoms with van der Waals surface area (Å²) < 4.78 is 11.6. The van der Waals surface area contributed by atoms with Crippen LogP contribution in [0, 0.1) is 23.7 Å². The van der Waals surface area contributed by atoms with Crippen LogP contribution in [0.15, 0.2) is 96.0 Å². The Morgan fingerprint density at radius 3 is 2.63 bits per heavy atom. The van der Waals surface area contributed by atoms with Crippen molar-refractivity contribution in [3.05, 3.63) is 113 Å². The molecule has 0 saturated carbocycles. The normalized spacial score (nSPS) is 19.4. The van der Waals surface area contributed by atoms with Gasteiger partial charge < -0.3 is 19.9 Å². The molecule has 0 spiro atoms. The van der Waals surface area contributed by atoms with Crippen molar-refractivity contribution in [3.8, 4) is 29.4 Å². The predicted molar refractivity (Wildman–Crippen MR) is 190 cm³/mol. The molecule has 8 heteroatoms. The van der Waals surface area contributed by atoms with E-state index in [1.54, 1.807) is 19.1 Å². The summed E-state index contributed by atoms with van der Waals surface area (Å²) in [5.41, 5.74) is 3.44. The van der Waals surface area contributed by atoms with Crippen LogP contribution in [-0.4, -0.2) is 42.1 Å². The molecule has 1 heterocycles. The van der Waals surface area contributed by atoms with E-state index < -0.39 is 17.9 Å². The number of carbonyl (C=O) groups excluding carboxylic acids is 3. The molecule has 0 radical (unpaired) electrons. The van der Waals surface area contributed by atoms with Crippen molar-refractivity contribution in [2.45, 2.75) is 77.2 Å². The second-order valence-electron chi connectivity index (χ2n) is 12.3. The molecule has 4 rings (SSSR count). The maximum Gasteiger partial charge on any atom is 0.255 e. The van der Waals surface area contributed by atoms with Crippen molar-refractivity contribution >= 4 is 17.7 Å². The third-order valence-corrected chi connectivity index (χ3v) is 8.52. The van der Waals surface area contributed by atoms with E-state index in [0.29, 0.717) is 23.9 Å². The van der Waals surface area contributed by atoms with Crippen LogP contribution in [0.3, 0.4) is 0 Å². The van der Waals surface area contributed by atoms with Crippen LogP contribution in [0.1, 0.15) is 76.0 Å². The number of carbonyl (C=O) groups is 3. The molecule has 0 bridgehead atoms. The molecule has 1 fully saturated rings. The first-order chi connectivity index (χ1) is 23.6. The van der Waals surface area contributed by atoms with Gasteiger partial charge in [-0.25, -0.2) is 0 Å². The zero-order valence-electron chi connectivity index (χ0n) is 28.6. The number of phenolic OH excluding ortho intramolecular Hbond substituents is 1. The maximum atomic E-state index is 12.9. The first-order valence-corrected chi connectivity index (χ1v) is 16.6. The first kappa shape index (κ1) is 36.4. The van der Waals surface area contributed by atoms with Gasteiger partial charge in [0.1, 0.15) is 36.5 Å². The number of ether oxygens (including phenoxy) is 2. The van der Waals surface area contributed by atoms with Gasteiger partial charge in [0.25, 0.3) is 5.91 Å². The molecule has 2 aromatic carbocycles. The van der Waals surface area contributed by atoms with Gasteiger partial charge in [0.15, 0.2) is 0 Å². The van der Waals surface area contributed by atoms with Crippen molar-refractivity contribution < 1.29 is 29.0 Å². The molecule has 1 saturated heterocycles. The number of phenols is 1. The van der Waals surface area contributed by atoms with E-state index in [9.17, 15) is 19.5 Å². The molecule has 2 unspecified atom stereocenters. The highest BCUT2D eigenvalue weighted by atomic mass is 16.5. The molecule has 2 aliphatic rings. The van der Waals surface area contributed by atoms with Gasteiger partial charge in [0.05, 0.1) is 5.57 Å². The number of hydrogen-bond donors (Lipinski definition) is 3. The molecule has 0 aromatic heterocycles. The number of imide groups is 1. The topological polar surface area (TPSA) is 114 Å². The van der Waals surface area contributed by atoms with Crippen LogP contribution < -0.4 is 10.6 Å². The molecule has 49 heavy (non-hydrogen) atoms. The first-order valence-electron chi connectivity index (χ1n) is 16.6. The second kappa shape index (κ2) is 17.6. The molecule has 3 atom stereocenters. The standard InChI is InChI=1S/C41H44N2O6/c1-5-6-16-35(39(46)42-37-21-22-38(45)43-40(37)47)30(3)48-25-12-7-8-13-26-49-34-23-24-41(4,28-34)36-20-19-33(44)27-32(36)18-17-29(2)31-14-10-9-11-15-31/h6,9-11,14-16,19-20,23-24,27-29,37,44H,5,17-18,21-22,25-26H2,1-4H3,(H,42,46)(H,43,45,47)/b16-6-,35-30+/t29?,37-,41?/m0/s1. The Morgan fingerprint density at radius 1 is 1.14 bits per heavy atom. The molecule has 8 nitrogen and oxygen atoms in total. The fourth-order valence-electron chi connectivity index (χ4n) is 5.69. The van der Waals surface area contributed by atoms with Gasteiger partial charge in [0, 0.05) is 11.8 Å². The highest BCUT2D eigenvalue weighted by molar-refractivity contribution is 6.04. The number of nitrogens with one attached hydrogen (secondary N) is 2. The van der Waals surface area contributed by atoms with Crippen LogP contribution in [0.5, 0.6) is 5.75 Å². The number of rotatable bonds is 13. The van der Waals surface area contributed by atoms with Crippen molar-refractivity contribution in [2.75, 3.05) is 13.2 Å². The summed E-state index contributed by atoms with van der Waals surface area (Å²) >= 11 is 0. The molecule has 2 aromatic rings. The maximum absolute atomic E-state index is 12.9. The lowest BCUT2D eigenvalue weighted by molar-refractivity contribution is -0.136. The number of aromatic hydroxyl groups is 1. The lowest BCUT2D eigenvalue weighted by Crippen LogP contribution is -2.52. The van der Waals surface area contributed by atoms with Gasteiger partial charge in [0.2, 0.25) is 11.8 Å². The fraction of sp³-hybridized carbons (Fsp3) is 0.341. The van der Waals surface area contributed by atoms with Crippen LogP contribution in [0.25, 0.3) is 0 Å². The summed E-state index contributed by atoms with van der Waals surface area (Å²) in [6, 6.07) is 15.3. The zero-order valence-corrected chi connectivity index (χ0v) is 28.6. The SMILES string of the molecule is CC/C=C\C(C(=O)N[C@H]1CCC(=O)NC1=O)=C(\C)OCC#CC#CCOC1=CC(C)(c2ccc(O)cc2CCC(C)c2ccccc2)C=C1. The Morgan fingerprint density at radius 2 is 1.90 bits per heavy atom. The average Bonchev–Trinajstić information content (AvgIpc) is 3.47. The van der Waals surface area contributed by atoms with E-state index in [1.807, 2.05) is 37.3 Å². The fourth-order valence-corrected chi connectivity index (χ4v) is 5.69. The summed E-state index contributed by atoms with van der Waals surface area (Å²) in [7, 11) is 0. The van der Waals surface area contributed by atoms with E-state index in [2.05, 4.69) is 84.6 Å². The highest BCUT2D eigenvalue weighted by Crippen LogP contribution is 2.38. The molecular weight excluding hydrogens is 616 g/mol. The number of aryl methyl sites for hydroxylation is 1. The third kappa shape index (κ3) is 10.5. The Balaban J connectivity index is 1.30. The monoisotopic (exact) mass is 660 g/mol. The van der Waals surface area contributed by atoms with Crippen LogP contribution in [0.4, 0.5) is 0 Å². The summed E-state index contributed by atoms with van der Waals surface area (Å²) in [4.78, 5) is 36.4. The van der Waals surface area contributed by atoms with Gasteiger partial charge in [-0.15, -0.1) is 0 Å². The minimum Gasteiger partial charge on any atom is -0.508 e. The van der Waals surface area contributed by atoms with Crippen molar-refractivity contribution in [3.63, 3.8) is 0 Å². The van der Waals surface area contributed by atoms with Gasteiger partial charge in [-0.2, -0.15) is 0 Å². The molecule has 3 amide bonds. The van der Waals surface area contributed by atoms with Crippen molar-refractivity contribution in [1.82, 2.24) is 10.6 Å². The van der Waals surface area contributed by atoms with Gasteiger partial charge >= 0.3 is 0 Å². The summed E-state index contributed by atoms with van der Waals surface area (Å²) in [6.45, 7) is 8.13. The Bertz CT molecular complexity index is 1780. The van der Waals surface area contributed by atoms with Crippen molar-refractivity contribution in [1.29, 1.82) is 0 Å². The predicted octanol–water partition coefficient (Wildman–Crippen LogP) is 6.04. The van der Waals surface area contributed by atoms with Gasteiger partial charge in [-0.1, -0.05) is 68.5 Å². The smallest absolute Gasteiger partial charge is 0.255 e. The molecular formula is C41H44N2O6. The summed E-state index contributed by atoms with van der Waals surface area (Å²) in [6.07, 6.45) is 12.5. The van der Waals surface area contributed by atoms with Gasteiger partial charge in [-0.3, -0.25) is 19.7 Å². The van der Waals surface area contributed by atoms with Crippen molar-refractivity contribution in [2.24, 2.45) is 0 Å². The number of hydrogen-bond acceptors (Lipinski definition) is 6. The molecule has 1 aliphatic carbocycles. The average molecular weight is 661 g/mol. The molecule has 1 aliphatic heterocycles. The number of benzene rings is 2. The summed E-state index contributed by atoms with van der Waals surface area (Å²) in [5.74, 6) is 11.6. The molecule has 254 valence electrons.